The summed E-state index contributed by atoms with van der Waals surface area (Å²) in [6, 6.07) is 34.4. The minimum Gasteiger partial charge on any atom is -0.454 e. The lowest BCUT2D eigenvalue weighted by atomic mass is 10.0. The van der Waals surface area contributed by atoms with Crippen molar-refractivity contribution in [2.24, 2.45) is 0 Å². The van der Waals surface area contributed by atoms with Crippen LogP contribution >= 0.6 is 0 Å². The van der Waals surface area contributed by atoms with Crippen LogP contribution in [0.25, 0.3) is 22.4 Å². The number of aryl methyl sites for hydroxylation is 1. The van der Waals surface area contributed by atoms with Gasteiger partial charge < -0.3 is 19.3 Å². The Morgan fingerprint density at radius 2 is 1.44 bits per heavy atom. The first-order chi connectivity index (χ1) is 23.3. The van der Waals surface area contributed by atoms with Crippen LogP contribution in [0.1, 0.15) is 11.1 Å². The summed E-state index contributed by atoms with van der Waals surface area (Å²) in [7, 11) is -3.98. The zero-order valence-corrected chi connectivity index (χ0v) is 27.3. The first-order valence-electron chi connectivity index (χ1n) is 15.8. The van der Waals surface area contributed by atoms with Crippen molar-refractivity contribution < 1.29 is 22.7 Å². The van der Waals surface area contributed by atoms with Gasteiger partial charge >= 0.3 is 0 Å². The Kier molecular flexibility index (Phi) is 8.79. The van der Waals surface area contributed by atoms with Gasteiger partial charge in [0, 0.05) is 38.3 Å². The van der Waals surface area contributed by atoms with E-state index < -0.39 is 10.0 Å². The van der Waals surface area contributed by atoms with Crippen LogP contribution in [0.3, 0.4) is 0 Å². The number of amides is 1. The summed E-state index contributed by atoms with van der Waals surface area (Å²) < 4.78 is 39.8. The number of rotatable bonds is 9. The molecule has 0 spiro atoms. The summed E-state index contributed by atoms with van der Waals surface area (Å²) in [6.45, 7) is 3.72. The van der Waals surface area contributed by atoms with Crippen LogP contribution in [0, 0.1) is 6.92 Å². The Morgan fingerprint density at radius 1 is 0.750 bits per heavy atom. The first-order valence-corrected chi connectivity index (χ1v) is 17.3. The number of hydrogen-bond donors (Lipinski definition) is 0. The van der Waals surface area contributed by atoms with Gasteiger partial charge in [-0.3, -0.25) is 4.79 Å². The molecule has 11 heteroatoms. The summed E-state index contributed by atoms with van der Waals surface area (Å²) in [5.41, 5.74) is 5.71. The van der Waals surface area contributed by atoms with E-state index in [0.29, 0.717) is 43.2 Å². The van der Waals surface area contributed by atoms with Crippen LogP contribution in [0.4, 0.5) is 5.82 Å². The average Bonchev–Trinajstić information content (AvgIpc) is 3.60. The number of ether oxygens (including phenoxy) is 2. The van der Waals surface area contributed by atoms with Crippen molar-refractivity contribution in [1.29, 1.82) is 0 Å². The number of aromatic nitrogens is 2. The number of fused-ring (bicyclic) bond motifs is 1. The van der Waals surface area contributed by atoms with E-state index in [1.807, 2.05) is 49.4 Å². The smallest absolute Gasteiger partial charge is 0.243 e. The Balaban J connectivity index is 1.00. The van der Waals surface area contributed by atoms with Gasteiger partial charge in [-0.2, -0.15) is 4.31 Å². The largest absolute Gasteiger partial charge is 0.454 e. The standard InChI is InChI=1S/C37H35N5O5S/c1-27-7-14-32(15-8-27)48(44,45)42(24-28-9-17-34-35(23-28)47-26-46-34)25-37(43)41-21-19-40(20-22-41)36-18-16-33(38-39-36)31-12-10-30(11-13-31)29-5-3-2-4-6-29/h2-18,23H,19-22,24-26H2,1H3. The number of carbonyl (C=O) groups excluding carboxylic acids is 1. The number of hydrogen-bond acceptors (Lipinski definition) is 8. The Hall–Kier alpha value is -5.26. The van der Waals surface area contributed by atoms with Crippen molar-refractivity contribution >= 4 is 21.7 Å². The lowest BCUT2D eigenvalue weighted by molar-refractivity contribution is -0.131. The van der Waals surface area contributed by atoms with Crippen LogP contribution in [0.2, 0.25) is 0 Å². The molecule has 1 saturated heterocycles. The van der Waals surface area contributed by atoms with Crippen LogP contribution in [-0.2, 0) is 21.4 Å². The summed E-state index contributed by atoms with van der Waals surface area (Å²) in [5, 5.41) is 8.97. The summed E-state index contributed by atoms with van der Waals surface area (Å²) in [5.74, 6) is 1.64. The molecule has 2 aliphatic heterocycles. The molecule has 3 heterocycles. The Labute approximate surface area is 280 Å². The van der Waals surface area contributed by atoms with Gasteiger partial charge in [-0.15, -0.1) is 10.2 Å². The Bertz CT molecular complexity index is 2000. The molecule has 1 fully saturated rings. The molecule has 0 unspecified atom stereocenters. The fourth-order valence-electron chi connectivity index (χ4n) is 5.88. The number of sulfonamides is 1. The number of carbonyl (C=O) groups is 1. The molecular weight excluding hydrogens is 627 g/mol. The fraction of sp³-hybridized carbons (Fsp3) is 0.216. The second kappa shape index (κ2) is 13.5. The SMILES string of the molecule is Cc1ccc(S(=O)(=O)N(CC(=O)N2CCN(c3ccc(-c4ccc(-c5ccccc5)cc4)nn3)CC2)Cc2ccc3c(c2)OCO3)cc1. The van der Waals surface area contributed by atoms with Gasteiger partial charge in [0.2, 0.25) is 22.7 Å². The maximum Gasteiger partial charge on any atom is 0.243 e. The van der Waals surface area contributed by atoms with Crippen molar-refractivity contribution in [3.05, 3.63) is 120 Å². The summed E-state index contributed by atoms with van der Waals surface area (Å²) >= 11 is 0. The molecule has 244 valence electrons. The molecule has 0 saturated carbocycles. The van der Waals surface area contributed by atoms with Gasteiger partial charge in [-0.05, 0) is 60.0 Å². The zero-order chi connectivity index (χ0) is 33.1. The third-order valence-corrected chi connectivity index (χ3v) is 10.5. The second-order valence-electron chi connectivity index (χ2n) is 11.9. The predicted octanol–water partition coefficient (Wildman–Crippen LogP) is 5.39. The Morgan fingerprint density at radius 3 is 2.15 bits per heavy atom. The summed E-state index contributed by atoms with van der Waals surface area (Å²) in [6.07, 6.45) is 0. The molecule has 0 N–H and O–H groups in total. The van der Waals surface area contributed by atoms with E-state index >= 15 is 0 Å². The molecule has 10 nitrogen and oxygen atoms in total. The molecule has 2 aliphatic rings. The van der Waals surface area contributed by atoms with E-state index in [4.69, 9.17) is 9.47 Å². The topological polar surface area (TPSA) is 105 Å². The van der Waals surface area contributed by atoms with Gasteiger partial charge in [0.1, 0.15) is 0 Å². The average molecular weight is 662 g/mol. The first kappa shape index (κ1) is 31.3. The highest BCUT2D eigenvalue weighted by molar-refractivity contribution is 7.89. The minimum atomic E-state index is -3.98. The number of nitrogens with zero attached hydrogens (tertiary/aromatic N) is 5. The van der Waals surface area contributed by atoms with E-state index in [0.717, 1.165) is 33.8 Å². The molecule has 0 bridgehead atoms. The third kappa shape index (κ3) is 6.73. The normalized spacial score (nSPS) is 14.4. The lowest BCUT2D eigenvalue weighted by Gasteiger charge is -2.36. The molecular formula is C37H35N5O5S. The van der Waals surface area contributed by atoms with E-state index in [2.05, 4.69) is 39.4 Å². The van der Waals surface area contributed by atoms with Crippen molar-refractivity contribution in [3.8, 4) is 33.9 Å². The van der Waals surface area contributed by atoms with E-state index in [1.165, 1.54) is 4.31 Å². The second-order valence-corrected chi connectivity index (χ2v) is 13.8. The van der Waals surface area contributed by atoms with Crippen LogP contribution in [-0.4, -0.2) is 73.2 Å². The van der Waals surface area contributed by atoms with E-state index in [-0.39, 0.29) is 30.7 Å². The quantitative estimate of drug-likeness (QED) is 0.207. The van der Waals surface area contributed by atoms with E-state index in [1.54, 1.807) is 47.4 Å². The highest BCUT2D eigenvalue weighted by Gasteiger charge is 2.31. The highest BCUT2D eigenvalue weighted by atomic mass is 32.2. The maximum absolute atomic E-state index is 13.8. The fourth-order valence-corrected chi connectivity index (χ4v) is 7.25. The highest BCUT2D eigenvalue weighted by Crippen LogP contribution is 2.33. The van der Waals surface area contributed by atoms with Gasteiger partial charge in [0.15, 0.2) is 17.3 Å². The van der Waals surface area contributed by atoms with Crippen molar-refractivity contribution in [1.82, 2.24) is 19.4 Å². The molecule has 0 aliphatic carbocycles. The van der Waals surface area contributed by atoms with Crippen LogP contribution in [0.15, 0.2) is 114 Å². The van der Waals surface area contributed by atoms with Gasteiger partial charge in [-0.1, -0.05) is 78.4 Å². The van der Waals surface area contributed by atoms with Crippen LogP contribution in [0.5, 0.6) is 11.5 Å². The predicted molar refractivity (Wildman–Crippen MR) is 183 cm³/mol. The molecule has 4 aromatic carbocycles. The van der Waals surface area contributed by atoms with Gasteiger partial charge in [0.05, 0.1) is 17.1 Å². The van der Waals surface area contributed by atoms with Gasteiger partial charge in [-0.25, -0.2) is 8.42 Å². The van der Waals surface area contributed by atoms with Gasteiger partial charge in [0.25, 0.3) is 0 Å². The molecule has 5 aromatic rings. The minimum absolute atomic E-state index is 0.00940. The van der Waals surface area contributed by atoms with E-state index in [9.17, 15) is 13.2 Å². The molecule has 7 rings (SSSR count). The number of anilines is 1. The zero-order valence-electron chi connectivity index (χ0n) is 26.5. The lowest BCUT2D eigenvalue weighted by Crippen LogP contribution is -2.52. The van der Waals surface area contributed by atoms with Crippen molar-refractivity contribution in [2.75, 3.05) is 44.4 Å². The molecule has 1 amide bonds. The number of piperazine rings is 1. The molecule has 0 radical (unpaired) electrons. The monoisotopic (exact) mass is 661 g/mol. The molecule has 48 heavy (non-hydrogen) atoms. The molecule has 1 aromatic heterocycles. The summed E-state index contributed by atoms with van der Waals surface area (Å²) in [4.78, 5) is 17.5. The van der Waals surface area contributed by atoms with Crippen molar-refractivity contribution in [2.45, 2.75) is 18.4 Å². The van der Waals surface area contributed by atoms with Crippen molar-refractivity contribution in [3.63, 3.8) is 0 Å². The number of benzene rings is 4. The maximum atomic E-state index is 13.8. The molecule has 0 atom stereocenters. The third-order valence-electron chi connectivity index (χ3n) is 8.66. The van der Waals surface area contributed by atoms with Crippen LogP contribution < -0.4 is 14.4 Å².